The lowest BCUT2D eigenvalue weighted by molar-refractivity contribution is -0.186. The number of benzene rings is 1. The lowest BCUT2D eigenvalue weighted by Crippen LogP contribution is -2.43. The molecule has 1 aliphatic rings. The fourth-order valence-corrected chi connectivity index (χ4v) is 2.20. The predicted octanol–water partition coefficient (Wildman–Crippen LogP) is 2.79. The van der Waals surface area contributed by atoms with Crippen molar-refractivity contribution < 1.29 is 18.0 Å². The molecule has 0 radical (unpaired) electrons. The third-order valence-electron chi connectivity index (χ3n) is 2.74. The van der Waals surface area contributed by atoms with E-state index in [4.69, 9.17) is 11.6 Å². The highest BCUT2D eigenvalue weighted by atomic mass is 35.5. The second-order valence-electron chi connectivity index (χ2n) is 3.85. The van der Waals surface area contributed by atoms with Crippen molar-refractivity contribution in [3.05, 3.63) is 34.3 Å². The molecular weight excluding hydrogens is 255 g/mol. The third kappa shape index (κ3) is 2.39. The van der Waals surface area contributed by atoms with Gasteiger partial charge in [0.15, 0.2) is 0 Å². The fraction of sp³-hybridized carbons (Fsp3) is 0.364. The molecule has 0 spiro atoms. The molecule has 2 nitrogen and oxygen atoms in total. The first-order valence-corrected chi connectivity index (χ1v) is 5.40. The van der Waals surface area contributed by atoms with Gasteiger partial charge < -0.3 is 4.90 Å². The Labute approximate surface area is 101 Å². The highest BCUT2D eigenvalue weighted by Gasteiger charge is 2.43. The molecule has 1 aromatic carbocycles. The average molecular weight is 264 g/mol. The van der Waals surface area contributed by atoms with E-state index in [1.54, 1.807) is 18.2 Å². The molecule has 0 N–H and O–H groups in total. The Bertz CT molecular complexity index is 459. The van der Waals surface area contributed by atoms with Crippen molar-refractivity contribution in [3.63, 3.8) is 0 Å². The first-order chi connectivity index (χ1) is 7.89. The molecule has 0 fully saturated rings. The Morgan fingerprint density at radius 1 is 1.35 bits per heavy atom. The largest absolute Gasteiger partial charge is 0.471 e. The monoisotopic (exact) mass is 263 g/mol. The van der Waals surface area contributed by atoms with Gasteiger partial charge in [-0.1, -0.05) is 23.7 Å². The van der Waals surface area contributed by atoms with Gasteiger partial charge in [0, 0.05) is 18.1 Å². The lowest BCUT2D eigenvalue weighted by Gasteiger charge is -2.29. The molecular formula is C11H9ClF3NO. The molecule has 1 aliphatic heterocycles. The smallest absolute Gasteiger partial charge is 0.330 e. The summed E-state index contributed by atoms with van der Waals surface area (Å²) in [5, 5.41) is 0.543. The van der Waals surface area contributed by atoms with Crippen LogP contribution in [0.15, 0.2) is 18.2 Å². The number of rotatable bonds is 0. The molecule has 0 bridgehead atoms. The molecule has 0 aliphatic carbocycles. The molecule has 1 heterocycles. The van der Waals surface area contributed by atoms with Crippen molar-refractivity contribution in [2.24, 2.45) is 0 Å². The minimum absolute atomic E-state index is 0.0335. The predicted molar refractivity (Wildman–Crippen MR) is 56.6 cm³/mol. The van der Waals surface area contributed by atoms with Gasteiger partial charge in [0.05, 0.1) is 0 Å². The maximum Gasteiger partial charge on any atom is 0.471 e. The van der Waals surface area contributed by atoms with Gasteiger partial charge in [-0.05, 0) is 23.6 Å². The second-order valence-corrected chi connectivity index (χ2v) is 4.26. The van der Waals surface area contributed by atoms with Gasteiger partial charge in [-0.25, -0.2) is 0 Å². The van der Waals surface area contributed by atoms with Gasteiger partial charge in [0.2, 0.25) is 0 Å². The van der Waals surface area contributed by atoms with Gasteiger partial charge >= 0.3 is 12.1 Å². The fourth-order valence-electron chi connectivity index (χ4n) is 1.92. The summed E-state index contributed by atoms with van der Waals surface area (Å²) in [7, 11) is 0. The number of hydrogen-bond donors (Lipinski definition) is 0. The molecule has 2 rings (SSSR count). The third-order valence-corrected chi connectivity index (χ3v) is 3.09. The van der Waals surface area contributed by atoms with Crippen molar-refractivity contribution in [3.8, 4) is 0 Å². The van der Waals surface area contributed by atoms with Crippen LogP contribution in [0.5, 0.6) is 0 Å². The molecule has 1 amide bonds. The SMILES string of the molecule is O=C(N1CCc2c(Cl)cccc2C1)C(F)(F)F. The Morgan fingerprint density at radius 2 is 2.06 bits per heavy atom. The van der Waals surface area contributed by atoms with E-state index in [2.05, 4.69) is 0 Å². The Kier molecular flexibility index (Phi) is 3.03. The van der Waals surface area contributed by atoms with Crippen molar-refractivity contribution >= 4 is 17.5 Å². The van der Waals surface area contributed by atoms with Crippen LogP contribution in [0, 0.1) is 0 Å². The maximum absolute atomic E-state index is 12.3. The standard InChI is InChI=1S/C11H9ClF3NO/c12-9-3-1-2-7-6-16(5-4-8(7)9)10(17)11(13,14)15/h1-3H,4-6H2. The number of halogens is 4. The van der Waals surface area contributed by atoms with Crippen LogP contribution < -0.4 is 0 Å². The van der Waals surface area contributed by atoms with E-state index in [9.17, 15) is 18.0 Å². The van der Waals surface area contributed by atoms with E-state index in [-0.39, 0.29) is 13.1 Å². The number of hydrogen-bond acceptors (Lipinski definition) is 1. The number of carbonyl (C=O) groups excluding carboxylic acids is 1. The average Bonchev–Trinajstić information content (AvgIpc) is 2.26. The van der Waals surface area contributed by atoms with E-state index >= 15 is 0 Å². The van der Waals surface area contributed by atoms with Crippen LogP contribution in [0.3, 0.4) is 0 Å². The van der Waals surface area contributed by atoms with Crippen LogP contribution in [-0.2, 0) is 17.8 Å². The first-order valence-electron chi connectivity index (χ1n) is 5.02. The van der Waals surface area contributed by atoms with Crippen LogP contribution in [0.1, 0.15) is 11.1 Å². The summed E-state index contributed by atoms with van der Waals surface area (Å²) in [6, 6.07) is 5.06. The van der Waals surface area contributed by atoms with E-state index in [0.29, 0.717) is 17.0 Å². The maximum atomic E-state index is 12.3. The molecule has 0 unspecified atom stereocenters. The van der Waals surface area contributed by atoms with Gasteiger partial charge in [-0.3, -0.25) is 4.79 Å². The van der Waals surface area contributed by atoms with Gasteiger partial charge in [-0.15, -0.1) is 0 Å². The summed E-state index contributed by atoms with van der Waals surface area (Å²) in [5.74, 6) is -1.79. The van der Waals surface area contributed by atoms with E-state index in [0.717, 1.165) is 10.5 Å². The Balaban J connectivity index is 2.23. The zero-order valence-corrected chi connectivity index (χ0v) is 9.48. The summed E-state index contributed by atoms with van der Waals surface area (Å²) in [5.41, 5.74) is 1.52. The number of alkyl halides is 3. The summed E-state index contributed by atoms with van der Waals surface area (Å²) in [4.78, 5) is 11.9. The van der Waals surface area contributed by atoms with Crippen molar-refractivity contribution in [2.75, 3.05) is 6.54 Å². The molecule has 17 heavy (non-hydrogen) atoms. The van der Waals surface area contributed by atoms with Crippen LogP contribution in [0.4, 0.5) is 13.2 Å². The molecule has 6 heteroatoms. The van der Waals surface area contributed by atoms with E-state index in [1.807, 2.05) is 0 Å². The molecule has 0 saturated carbocycles. The van der Waals surface area contributed by atoms with E-state index < -0.39 is 12.1 Å². The highest BCUT2D eigenvalue weighted by Crippen LogP contribution is 2.28. The topological polar surface area (TPSA) is 20.3 Å². The molecule has 0 saturated heterocycles. The van der Waals surface area contributed by atoms with Gasteiger partial charge in [0.1, 0.15) is 0 Å². The Morgan fingerprint density at radius 3 is 2.71 bits per heavy atom. The molecule has 0 atom stereocenters. The van der Waals surface area contributed by atoms with Gasteiger partial charge in [0.25, 0.3) is 0 Å². The summed E-state index contributed by atoms with van der Waals surface area (Å²) < 4.78 is 36.8. The normalized spacial score (nSPS) is 15.6. The number of fused-ring (bicyclic) bond motifs is 1. The van der Waals surface area contributed by atoms with Crippen LogP contribution in [0.25, 0.3) is 0 Å². The van der Waals surface area contributed by atoms with Crippen molar-refractivity contribution in [2.45, 2.75) is 19.1 Å². The summed E-state index contributed by atoms with van der Waals surface area (Å²) in [6.45, 7) is 0.0172. The minimum atomic E-state index is -4.81. The van der Waals surface area contributed by atoms with E-state index in [1.165, 1.54) is 0 Å². The summed E-state index contributed by atoms with van der Waals surface area (Å²) in [6.07, 6.45) is -4.45. The molecule has 92 valence electrons. The number of amides is 1. The zero-order valence-electron chi connectivity index (χ0n) is 8.72. The van der Waals surface area contributed by atoms with Crippen LogP contribution in [0.2, 0.25) is 5.02 Å². The van der Waals surface area contributed by atoms with Crippen molar-refractivity contribution in [1.82, 2.24) is 4.90 Å². The quantitative estimate of drug-likeness (QED) is 0.705. The highest BCUT2D eigenvalue weighted by molar-refractivity contribution is 6.31. The first kappa shape index (κ1) is 12.2. The lowest BCUT2D eigenvalue weighted by atomic mass is 10.00. The zero-order chi connectivity index (χ0) is 12.6. The number of nitrogens with zero attached hydrogens (tertiary/aromatic N) is 1. The second kappa shape index (κ2) is 4.22. The Hall–Kier alpha value is -1.23. The van der Waals surface area contributed by atoms with Gasteiger partial charge in [-0.2, -0.15) is 13.2 Å². The van der Waals surface area contributed by atoms with Crippen LogP contribution >= 0.6 is 11.6 Å². The van der Waals surface area contributed by atoms with Crippen LogP contribution in [-0.4, -0.2) is 23.5 Å². The number of carbonyl (C=O) groups is 1. The van der Waals surface area contributed by atoms with Crippen molar-refractivity contribution in [1.29, 1.82) is 0 Å². The molecule has 0 aromatic heterocycles. The minimum Gasteiger partial charge on any atom is -0.330 e. The molecule has 1 aromatic rings. The summed E-state index contributed by atoms with van der Waals surface area (Å²) >= 11 is 5.93.